The Morgan fingerprint density at radius 1 is 0.947 bits per heavy atom. The number of aliphatic imine (C=N–C) groups is 1. The highest BCUT2D eigenvalue weighted by Crippen LogP contribution is 2.33. The van der Waals surface area contributed by atoms with Crippen LogP contribution in [0.25, 0.3) is 0 Å². The van der Waals surface area contributed by atoms with Gasteiger partial charge in [0.25, 0.3) is 0 Å². The van der Waals surface area contributed by atoms with Crippen LogP contribution in [-0.4, -0.2) is 60.4 Å². The van der Waals surface area contributed by atoms with Gasteiger partial charge >= 0.3 is 5.97 Å². The van der Waals surface area contributed by atoms with Crippen LogP contribution in [0, 0.1) is 5.92 Å². The molecule has 38 heavy (non-hydrogen) atoms. The smallest absolute Gasteiger partial charge is 0.321 e. The van der Waals surface area contributed by atoms with Crippen molar-refractivity contribution in [2.45, 2.75) is 19.0 Å². The molecule has 0 aromatic heterocycles. The number of benzene rings is 3. The molecule has 3 aromatic carbocycles. The number of hydrogen-bond acceptors (Lipinski definition) is 6. The van der Waals surface area contributed by atoms with Crippen LogP contribution >= 0.6 is 11.6 Å². The Morgan fingerprint density at radius 3 is 2.08 bits per heavy atom. The van der Waals surface area contributed by atoms with Crippen molar-refractivity contribution in [2.24, 2.45) is 10.9 Å². The number of amides is 1. The lowest BCUT2D eigenvalue weighted by atomic mass is 9.91. The fourth-order valence-electron chi connectivity index (χ4n) is 5.20. The lowest BCUT2D eigenvalue weighted by molar-refractivity contribution is -0.153. The van der Waals surface area contributed by atoms with E-state index < -0.39 is 23.8 Å². The zero-order chi connectivity index (χ0) is 26.5. The summed E-state index contributed by atoms with van der Waals surface area (Å²) in [6.45, 7) is 4.87. The largest absolute Gasteiger partial charge is 0.465 e. The SMILES string of the molecule is CCOC(=O)[C@H]1C(=O)NC(N2CCN(C(c3ccccc3)c3ccccc3)CC2)=N[C@@H]1c1ccc(Cl)cc1. The Hall–Kier alpha value is -3.68. The molecule has 0 saturated carbocycles. The van der Waals surface area contributed by atoms with E-state index in [4.69, 9.17) is 21.3 Å². The molecule has 1 fully saturated rings. The molecule has 196 valence electrons. The van der Waals surface area contributed by atoms with Crippen molar-refractivity contribution in [3.63, 3.8) is 0 Å². The predicted octanol–water partition coefficient (Wildman–Crippen LogP) is 4.45. The summed E-state index contributed by atoms with van der Waals surface area (Å²) in [6, 6.07) is 27.6. The van der Waals surface area contributed by atoms with Gasteiger partial charge in [-0.2, -0.15) is 0 Å². The van der Waals surface area contributed by atoms with E-state index in [1.54, 1.807) is 31.2 Å². The molecule has 1 N–H and O–H groups in total. The number of nitrogens with zero attached hydrogens (tertiary/aromatic N) is 3. The molecule has 0 bridgehead atoms. The number of carbonyl (C=O) groups is 2. The molecular weight excluding hydrogens is 500 g/mol. The first-order valence-corrected chi connectivity index (χ1v) is 13.3. The van der Waals surface area contributed by atoms with E-state index >= 15 is 0 Å². The minimum Gasteiger partial charge on any atom is -0.465 e. The van der Waals surface area contributed by atoms with Crippen molar-refractivity contribution in [1.82, 2.24) is 15.1 Å². The van der Waals surface area contributed by atoms with Crippen LogP contribution in [0.15, 0.2) is 89.9 Å². The second-order valence-electron chi connectivity index (χ2n) is 9.41. The van der Waals surface area contributed by atoms with Gasteiger partial charge in [0, 0.05) is 31.2 Å². The van der Waals surface area contributed by atoms with E-state index in [0.29, 0.717) is 24.1 Å². The second-order valence-corrected chi connectivity index (χ2v) is 9.85. The number of piperazine rings is 1. The topological polar surface area (TPSA) is 74.2 Å². The molecule has 1 saturated heterocycles. The lowest BCUT2D eigenvalue weighted by Crippen LogP contribution is -2.57. The first-order chi connectivity index (χ1) is 18.5. The van der Waals surface area contributed by atoms with Gasteiger partial charge in [0.1, 0.15) is 6.04 Å². The molecular formula is C30H31ClN4O3. The zero-order valence-corrected chi connectivity index (χ0v) is 22.1. The van der Waals surface area contributed by atoms with E-state index in [2.05, 4.69) is 63.6 Å². The molecule has 0 aliphatic carbocycles. The first kappa shape index (κ1) is 25.9. The molecule has 2 aliphatic heterocycles. The summed E-state index contributed by atoms with van der Waals surface area (Å²) in [5, 5.41) is 3.46. The number of esters is 1. The monoisotopic (exact) mass is 530 g/mol. The highest BCUT2D eigenvalue weighted by atomic mass is 35.5. The average Bonchev–Trinajstić information content (AvgIpc) is 2.95. The third kappa shape index (κ3) is 5.59. The third-order valence-corrected chi connectivity index (χ3v) is 7.31. The fourth-order valence-corrected chi connectivity index (χ4v) is 5.33. The van der Waals surface area contributed by atoms with Gasteiger partial charge in [0.15, 0.2) is 5.92 Å². The predicted molar refractivity (Wildman–Crippen MR) is 148 cm³/mol. The van der Waals surface area contributed by atoms with Crippen molar-refractivity contribution in [2.75, 3.05) is 32.8 Å². The molecule has 3 aromatic rings. The summed E-state index contributed by atoms with van der Waals surface area (Å²) in [4.78, 5) is 35.4. The van der Waals surface area contributed by atoms with Crippen molar-refractivity contribution in [3.05, 3.63) is 107 Å². The molecule has 8 heteroatoms. The van der Waals surface area contributed by atoms with Crippen LogP contribution in [0.4, 0.5) is 0 Å². The number of halogens is 1. The fraction of sp³-hybridized carbons (Fsp3) is 0.300. The van der Waals surface area contributed by atoms with Gasteiger partial charge in [-0.1, -0.05) is 84.4 Å². The normalized spacial score (nSPS) is 20.1. The molecule has 0 unspecified atom stereocenters. The van der Waals surface area contributed by atoms with Gasteiger partial charge in [0.2, 0.25) is 11.9 Å². The summed E-state index contributed by atoms with van der Waals surface area (Å²) >= 11 is 6.09. The summed E-state index contributed by atoms with van der Waals surface area (Å²) < 4.78 is 5.22. The minimum absolute atomic E-state index is 0.137. The Labute approximate surface area is 228 Å². The van der Waals surface area contributed by atoms with Gasteiger partial charge < -0.3 is 9.64 Å². The number of hydrogen-bond donors (Lipinski definition) is 1. The van der Waals surface area contributed by atoms with E-state index in [0.717, 1.165) is 18.7 Å². The van der Waals surface area contributed by atoms with Crippen molar-refractivity contribution < 1.29 is 14.3 Å². The number of rotatable bonds is 6. The van der Waals surface area contributed by atoms with E-state index in [1.807, 2.05) is 12.1 Å². The van der Waals surface area contributed by atoms with Crippen LogP contribution in [0.5, 0.6) is 0 Å². The Balaban J connectivity index is 1.38. The maximum absolute atomic E-state index is 13.2. The maximum atomic E-state index is 13.2. The van der Waals surface area contributed by atoms with E-state index in [1.165, 1.54) is 11.1 Å². The number of ether oxygens (including phenoxy) is 1. The van der Waals surface area contributed by atoms with Gasteiger partial charge in [-0.3, -0.25) is 19.8 Å². The van der Waals surface area contributed by atoms with E-state index in [-0.39, 0.29) is 12.6 Å². The van der Waals surface area contributed by atoms with Gasteiger partial charge in [0.05, 0.1) is 12.6 Å². The Morgan fingerprint density at radius 2 is 1.53 bits per heavy atom. The number of carbonyl (C=O) groups excluding carboxylic acids is 2. The molecule has 5 rings (SSSR count). The van der Waals surface area contributed by atoms with Gasteiger partial charge in [-0.25, -0.2) is 4.99 Å². The van der Waals surface area contributed by atoms with Crippen LogP contribution in [0.1, 0.15) is 35.7 Å². The summed E-state index contributed by atoms with van der Waals surface area (Å²) in [7, 11) is 0. The summed E-state index contributed by atoms with van der Waals surface area (Å²) in [5.74, 6) is -1.54. The number of guanidine groups is 1. The van der Waals surface area contributed by atoms with E-state index in [9.17, 15) is 9.59 Å². The zero-order valence-electron chi connectivity index (χ0n) is 21.3. The lowest BCUT2D eigenvalue weighted by Gasteiger charge is -2.42. The minimum atomic E-state index is -1.05. The average molecular weight is 531 g/mol. The van der Waals surface area contributed by atoms with Crippen LogP contribution in [0.3, 0.4) is 0 Å². The Kier molecular flexibility index (Phi) is 8.05. The molecule has 1 amide bonds. The molecule has 2 heterocycles. The van der Waals surface area contributed by atoms with Crippen molar-refractivity contribution >= 4 is 29.4 Å². The van der Waals surface area contributed by atoms with Crippen molar-refractivity contribution in [3.8, 4) is 0 Å². The quantitative estimate of drug-likeness (QED) is 0.376. The second kappa shape index (κ2) is 11.8. The highest BCUT2D eigenvalue weighted by Gasteiger charge is 2.42. The molecule has 2 aliphatic rings. The van der Waals surface area contributed by atoms with Gasteiger partial charge in [-0.05, 0) is 35.7 Å². The van der Waals surface area contributed by atoms with Crippen LogP contribution in [-0.2, 0) is 14.3 Å². The summed E-state index contributed by atoms with van der Waals surface area (Å²) in [6.07, 6.45) is 0. The molecule has 0 spiro atoms. The highest BCUT2D eigenvalue weighted by molar-refractivity contribution is 6.30. The first-order valence-electron chi connectivity index (χ1n) is 12.9. The third-order valence-electron chi connectivity index (χ3n) is 7.06. The Bertz CT molecular complexity index is 1240. The van der Waals surface area contributed by atoms with Crippen molar-refractivity contribution in [1.29, 1.82) is 0 Å². The van der Waals surface area contributed by atoms with Crippen LogP contribution < -0.4 is 5.32 Å². The molecule has 0 radical (unpaired) electrons. The van der Waals surface area contributed by atoms with Crippen LogP contribution in [0.2, 0.25) is 5.02 Å². The number of nitrogens with one attached hydrogen (secondary N) is 1. The maximum Gasteiger partial charge on any atom is 0.321 e. The summed E-state index contributed by atoms with van der Waals surface area (Å²) in [5.41, 5.74) is 3.23. The van der Waals surface area contributed by atoms with Gasteiger partial charge in [-0.15, -0.1) is 0 Å². The standard InChI is InChI=1S/C30H31ClN4O3/c1-2-38-29(37)25-26(21-13-15-24(31)16-14-21)32-30(33-28(25)36)35-19-17-34(18-20-35)27(22-9-5-3-6-10-22)23-11-7-4-8-12-23/h3-16,25-27H,2,17-20H2,1H3,(H,32,33,36)/t25-,26-/m1/s1. The molecule has 7 nitrogen and oxygen atoms in total. The molecule has 2 atom stereocenters.